The molecule has 0 atom stereocenters. The summed E-state index contributed by atoms with van der Waals surface area (Å²) in [5.74, 6) is -0.706. The largest absolute Gasteiger partial charge is 0.271 e. The van der Waals surface area contributed by atoms with Gasteiger partial charge in [0.2, 0.25) is 0 Å². The van der Waals surface area contributed by atoms with Crippen LogP contribution in [0.15, 0.2) is 88.9 Å². The first-order chi connectivity index (χ1) is 15.3. The molecule has 11 heteroatoms. The Morgan fingerprint density at radius 2 is 1.66 bits per heavy atom. The van der Waals surface area contributed by atoms with E-state index in [9.17, 15) is 23.3 Å². The van der Waals surface area contributed by atoms with E-state index in [-0.39, 0.29) is 21.3 Å². The van der Waals surface area contributed by atoms with Gasteiger partial charge < -0.3 is 0 Å². The standard InChI is InChI=1S/C21H17ClN4O5S/c22-19-8-4-5-9-20(19)25(32(30,31)18-6-2-1-3-7-18)15-21(27)24-23-14-16-10-12-17(13-11-16)26(28)29/h1-14H,15H2,(H,24,27)/b23-14-. The minimum atomic E-state index is -4.09. The lowest BCUT2D eigenvalue weighted by Gasteiger charge is -2.24. The van der Waals surface area contributed by atoms with Crippen molar-refractivity contribution >= 4 is 45.1 Å². The van der Waals surface area contributed by atoms with Crippen molar-refractivity contribution in [1.29, 1.82) is 0 Å². The number of anilines is 1. The Balaban J connectivity index is 1.80. The highest BCUT2D eigenvalue weighted by molar-refractivity contribution is 7.92. The van der Waals surface area contributed by atoms with E-state index in [0.717, 1.165) is 4.31 Å². The fourth-order valence-electron chi connectivity index (χ4n) is 2.70. The van der Waals surface area contributed by atoms with Crippen LogP contribution < -0.4 is 9.73 Å². The van der Waals surface area contributed by atoms with Gasteiger partial charge in [-0.2, -0.15) is 5.10 Å². The lowest BCUT2D eigenvalue weighted by atomic mass is 10.2. The summed E-state index contributed by atoms with van der Waals surface area (Å²) < 4.78 is 27.3. The fourth-order valence-corrected chi connectivity index (χ4v) is 4.45. The van der Waals surface area contributed by atoms with E-state index < -0.39 is 27.4 Å². The third-order valence-corrected chi connectivity index (χ3v) is 6.34. The molecule has 0 aliphatic heterocycles. The molecule has 0 saturated heterocycles. The number of non-ortho nitro benzene ring substituents is 1. The number of nitrogens with zero attached hydrogens (tertiary/aromatic N) is 3. The molecule has 9 nitrogen and oxygen atoms in total. The molecule has 0 radical (unpaired) electrons. The molecule has 0 bridgehead atoms. The van der Waals surface area contributed by atoms with Crippen LogP contribution in [0.4, 0.5) is 11.4 Å². The van der Waals surface area contributed by atoms with Crippen LogP contribution >= 0.6 is 11.6 Å². The first-order valence-corrected chi connectivity index (χ1v) is 11.0. The van der Waals surface area contributed by atoms with Crippen LogP contribution in [-0.2, 0) is 14.8 Å². The Morgan fingerprint density at radius 3 is 2.28 bits per heavy atom. The van der Waals surface area contributed by atoms with Crippen molar-refractivity contribution in [3.05, 3.63) is 99.6 Å². The van der Waals surface area contributed by atoms with E-state index >= 15 is 0 Å². The molecule has 0 aromatic heterocycles. The Morgan fingerprint density at radius 1 is 1.03 bits per heavy atom. The van der Waals surface area contributed by atoms with Crippen molar-refractivity contribution in [2.75, 3.05) is 10.8 Å². The topological polar surface area (TPSA) is 122 Å². The van der Waals surface area contributed by atoms with Crippen LogP contribution in [0.3, 0.4) is 0 Å². The first-order valence-electron chi connectivity index (χ1n) is 9.18. The number of benzene rings is 3. The maximum atomic E-state index is 13.2. The number of para-hydroxylation sites is 1. The van der Waals surface area contributed by atoms with Crippen molar-refractivity contribution in [3.63, 3.8) is 0 Å². The van der Waals surface area contributed by atoms with E-state index in [1.165, 1.54) is 54.7 Å². The second-order valence-electron chi connectivity index (χ2n) is 6.42. The predicted octanol–water partition coefficient (Wildman–Crippen LogP) is 3.59. The number of rotatable bonds is 8. The zero-order valence-electron chi connectivity index (χ0n) is 16.5. The smallest absolute Gasteiger partial charge is 0.269 e. The summed E-state index contributed by atoms with van der Waals surface area (Å²) in [6.45, 7) is -0.571. The summed E-state index contributed by atoms with van der Waals surface area (Å²) in [6.07, 6.45) is 1.28. The van der Waals surface area contributed by atoms with Gasteiger partial charge in [-0.1, -0.05) is 41.9 Å². The van der Waals surface area contributed by atoms with Gasteiger partial charge in [-0.05, 0) is 42.0 Å². The normalized spacial score (nSPS) is 11.3. The van der Waals surface area contributed by atoms with Crippen LogP contribution in [0.5, 0.6) is 0 Å². The average Bonchev–Trinajstić information content (AvgIpc) is 2.79. The van der Waals surface area contributed by atoms with Gasteiger partial charge in [0.1, 0.15) is 6.54 Å². The quantitative estimate of drug-likeness (QED) is 0.305. The van der Waals surface area contributed by atoms with E-state index in [1.807, 2.05) is 0 Å². The minimum Gasteiger partial charge on any atom is -0.271 e. The first kappa shape index (κ1) is 22.9. The molecule has 0 spiro atoms. The van der Waals surface area contributed by atoms with Gasteiger partial charge in [0, 0.05) is 12.1 Å². The zero-order chi connectivity index (χ0) is 23.1. The molecule has 3 aromatic carbocycles. The Hall–Kier alpha value is -3.76. The number of nitro groups is 1. The Bertz CT molecular complexity index is 1250. The molecule has 0 aliphatic rings. The number of hydrogen-bond donors (Lipinski definition) is 1. The molecular formula is C21H17ClN4O5S. The SMILES string of the molecule is O=C(CN(c1ccccc1Cl)S(=O)(=O)c1ccccc1)N/N=C\c1ccc([N+](=O)[O-])cc1. The highest BCUT2D eigenvalue weighted by Gasteiger charge is 2.28. The molecule has 0 heterocycles. The number of carbonyl (C=O) groups is 1. The molecule has 1 amide bonds. The van der Waals surface area contributed by atoms with E-state index in [0.29, 0.717) is 5.56 Å². The summed E-state index contributed by atoms with van der Waals surface area (Å²) >= 11 is 6.20. The monoisotopic (exact) mass is 472 g/mol. The Kier molecular flexibility index (Phi) is 7.18. The third-order valence-electron chi connectivity index (χ3n) is 4.25. The number of halogens is 1. The fraction of sp³-hybridized carbons (Fsp3) is 0.0476. The van der Waals surface area contributed by atoms with Crippen molar-refractivity contribution < 1.29 is 18.1 Å². The molecule has 0 fully saturated rings. The second kappa shape index (κ2) is 10.0. The second-order valence-corrected chi connectivity index (χ2v) is 8.69. The van der Waals surface area contributed by atoms with Crippen molar-refractivity contribution in [3.8, 4) is 0 Å². The number of amides is 1. The van der Waals surface area contributed by atoms with Crippen LogP contribution in [-0.4, -0.2) is 32.0 Å². The zero-order valence-corrected chi connectivity index (χ0v) is 18.0. The Labute approximate surface area is 189 Å². The predicted molar refractivity (Wildman–Crippen MR) is 121 cm³/mol. The summed E-state index contributed by atoms with van der Waals surface area (Å²) in [6, 6.07) is 19.5. The highest BCUT2D eigenvalue weighted by Crippen LogP contribution is 2.30. The van der Waals surface area contributed by atoms with Gasteiger partial charge in [0.15, 0.2) is 0 Å². The molecule has 164 valence electrons. The van der Waals surface area contributed by atoms with Crippen molar-refractivity contribution in [1.82, 2.24) is 5.43 Å². The van der Waals surface area contributed by atoms with E-state index in [1.54, 1.807) is 30.3 Å². The highest BCUT2D eigenvalue weighted by atomic mass is 35.5. The van der Waals surface area contributed by atoms with Gasteiger partial charge in [0.25, 0.3) is 21.6 Å². The number of carbonyl (C=O) groups excluding carboxylic acids is 1. The maximum absolute atomic E-state index is 13.2. The molecule has 0 unspecified atom stereocenters. The molecule has 3 rings (SSSR count). The van der Waals surface area contributed by atoms with Gasteiger partial charge >= 0.3 is 0 Å². The number of nitrogens with one attached hydrogen (secondary N) is 1. The lowest BCUT2D eigenvalue weighted by molar-refractivity contribution is -0.384. The summed E-state index contributed by atoms with van der Waals surface area (Å²) in [4.78, 5) is 22.7. The molecule has 1 N–H and O–H groups in total. The van der Waals surface area contributed by atoms with Crippen LogP contribution in [0, 0.1) is 10.1 Å². The van der Waals surface area contributed by atoms with Crippen LogP contribution in [0.1, 0.15) is 5.56 Å². The number of hydrazone groups is 1. The minimum absolute atomic E-state index is 0.00195. The lowest BCUT2D eigenvalue weighted by Crippen LogP contribution is -2.39. The molecule has 0 aliphatic carbocycles. The summed E-state index contributed by atoms with van der Waals surface area (Å²) in [5, 5.41) is 14.6. The number of nitro benzene ring substituents is 1. The molecule has 0 saturated carbocycles. The number of sulfonamides is 1. The van der Waals surface area contributed by atoms with Gasteiger partial charge in [0.05, 0.1) is 26.7 Å². The van der Waals surface area contributed by atoms with Gasteiger partial charge in [-0.15, -0.1) is 0 Å². The van der Waals surface area contributed by atoms with Gasteiger partial charge in [-0.3, -0.25) is 19.2 Å². The van der Waals surface area contributed by atoms with Crippen LogP contribution in [0.25, 0.3) is 0 Å². The van der Waals surface area contributed by atoms with E-state index in [4.69, 9.17) is 11.6 Å². The molecule has 32 heavy (non-hydrogen) atoms. The summed E-state index contributed by atoms with van der Waals surface area (Å²) in [7, 11) is -4.09. The van der Waals surface area contributed by atoms with Crippen molar-refractivity contribution in [2.24, 2.45) is 5.10 Å². The van der Waals surface area contributed by atoms with Crippen molar-refractivity contribution in [2.45, 2.75) is 4.90 Å². The van der Waals surface area contributed by atoms with E-state index in [2.05, 4.69) is 10.5 Å². The third kappa shape index (κ3) is 5.48. The molecular weight excluding hydrogens is 456 g/mol. The molecule has 3 aromatic rings. The number of hydrogen-bond acceptors (Lipinski definition) is 6. The van der Waals surface area contributed by atoms with Gasteiger partial charge in [-0.25, -0.2) is 13.8 Å². The maximum Gasteiger partial charge on any atom is 0.269 e. The summed E-state index contributed by atoms with van der Waals surface area (Å²) in [5.41, 5.74) is 2.84. The van der Waals surface area contributed by atoms with Crippen LogP contribution in [0.2, 0.25) is 5.02 Å². The average molecular weight is 473 g/mol.